The van der Waals surface area contributed by atoms with Gasteiger partial charge in [-0.1, -0.05) is 24.2 Å². The van der Waals surface area contributed by atoms with E-state index in [4.69, 9.17) is 4.74 Å². The average molecular weight is 406 g/mol. The highest BCUT2D eigenvalue weighted by Gasteiger charge is 2.28. The van der Waals surface area contributed by atoms with Crippen molar-refractivity contribution < 1.29 is 14.3 Å². The van der Waals surface area contributed by atoms with Gasteiger partial charge in [0, 0.05) is 23.6 Å². The lowest BCUT2D eigenvalue weighted by atomic mass is 10.0. The van der Waals surface area contributed by atoms with Crippen LogP contribution < -0.4 is 16.6 Å². The first-order chi connectivity index (χ1) is 13.4. The molecular weight excluding hydrogens is 384 g/mol. The number of aromatic nitrogens is 3. The average Bonchev–Trinajstić information content (AvgIpc) is 3.29. The summed E-state index contributed by atoms with van der Waals surface area (Å²) in [6, 6.07) is 0. The van der Waals surface area contributed by atoms with E-state index in [0.29, 0.717) is 27.0 Å². The maximum Gasteiger partial charge on any atom is 0.350 e. The van der Waals surface area contributed by atoms with E-state index in [9.17, 15) is 19.2 Å². The summed E-state index contributed by atoms with van der Waals surface area (Å²) in [5.41, 5.74) is 0.411. The van der Waals surface area contributed by atoms with E-state index >= 15 is 0 Å². The molecule has 9 nitrogen and oxygen atoms in total. The minimum absolute atomic E-state index is 0.0435. The molecule has 28 heavy (non-hydrogen) atoms. The Morgan fingerprint density at radius 3 is 2.61 bits per heavy atom. The number of amides is 1. The number of esters is 1. The lowest BCUT2D eigenvalue weighted by molar-refractivity contribution is -0.116. The van der Waals surface area contributed by atoms with E-state index in [1.807, 2.05) is 0 Å². The summed E-state index contributed by atoms with van der Waals surface area (Å²) in [6.07, 6.45) is 4.34. The van der Waals surface area contributed by atoms with Crippen molar-refractivity contribution in [2.24, 2.45) is 0 Å². The van der Waals surface area contributed by atoms with E-state index in [0.717, 1.165) is 37.0 Å². The largest absolute Gasteiger partial charge is 0.465 e. The number of thiazole rings is 1. The first-order valence-corrected chi connectivity index (χ1v) is 9.91. The number of anilines is 1. The predicted octanol–water partition coefficient (Wildman–Crippen LogP) is 1.84. The summed E-state index contributed by atoms with van der Waals surface area (Å²) >= 11 is 1.10. The van der Waals surface area contributed by atoms with E-state index in [2.05, 4.69) is 20.3 Å². The zero-order chi connectivity index (χ0) is 20.3. The Morgan fingerprint density at radius 2 is 1.96 bits per heavy atom. The second kappa shape index (κ2) is 8.51. The highest BCUT2D eigenvalue weighted by molar-refractivity contribution is 7.17. The standard InChI is InChI=1S/C18H22N4O5S/c1-9-11(15(24)22-17(26)19-9)7-8-12(23)20-18-21-13(10-5-3-4-6-10)14(28-18)16(25)27-2/h10H,3-8H2,1-2H3,(H,20,21,23)(H2,19,22,24,26). The smallest absolute Gasteiger partial charge is 0.350 e. The number of nitrogens with one attached hydrogen (secondary N) is 3. The molecule has 2 aromatic heterocycles. The summed E-state index contributed by atoms with van der Waals surface area (Å²) in [7, 11) is 1.32. The number of aromatic amines is 2. The van der Waals surface area contributed by atoms with Crippen molar-refractivity contribution in [2.45, 2.75) is 51.4 Å². The molecule has 0 aromatic carbocycles. The summed E-state index contributed by atoms with van der Waals surface area (Å²) < 4.78 is 4.85. The second-order valence-corrected chi connectivity index (χ2v) is 7.77. The number of carbonyl (C=O) groups excluding carboxylic acids is 2. The van der Waals surface area contributed by atoms with Crippen molar-refractivity contribution in [3.05, 3.63) is 42.7 Å². The first kappa shape index (κ1) is 20.0. The molecular formula is C18H22N4O5S. The van der Waals surface area contributed by atoms with Gasteiger partial charge in [-0.2, -0.15) is 0 Å². The van der Waals surface area contributed by atoms with Crippen LogP contribution in [0.25, 0.3) is 0 Å². The fourth-order valence-corrected chi connectivity index (χ4v) is 4.43. The third-order valence-corrected chi connectivity index (χ3v) is 5.84. The van der Waals surface area contributed by atoms with Crippen molar-refractivity contribution in [3.8, 4) is 0 Å². The first-order valence-electron chi connectivity index (χ1n) is 9.10. The number of H-pyrrole nitrogens is 2. The fourth-order valence-electron chi connectivity index (χ4n) is 3.45. The number of nitrogens with zero attached hydrogens (tertiary/aromatic N) is 1. The fraction of sp³-hybridized carbons (Fsp3) is 0.500. The third-order valence-electron chi connectivity index (χ3n) is 4.87. The third kappa shape index (κ3) is 4.38. The summed E-state index contributed by atoms with van der Waals surface area (Å²) in [6.45, 7) is 1.61. The van der Waals surface area contributed by atoms with Crippen molar-refractivity contribution in [1.29, 1.82) is 0 Å². The van der Waals surface area contributed by atoms with Gasteiger partial charge in [0.15, 0.2) is 5.13 Å². The minimum Gasteiger partial charge on any atom is -0.465 e. The molecule has 0 bridgehead atoms. The highest BCUT2D eigenvalue weighted by Crippen LogP contribution is 2.38. The molecule has 0 aliphatic heterocycles. The Labute approximate surface area is 164 Å². The van der Waals surface area contributed by atoms with Gasteiger partial charge in [0.1, 0.15) is 4.88 Å². The van der Waals surface area contributed by atoms with Gasteiger partial charge in [-0.3, -0.25) is 14.6 Å². The SMILES string of the molecule is COC(=O)c1sc(NC(=O)CCc2c(C)[nH]c(=O)[nH]c2=O)nc1C1CCCC1. The number of methoxy groups -OCH3 is 1. The molecule has 10 heteroatoms. The second-order valence-electron chi connectivity index (χ2n) is 6.77. The van der Waals surface area contributed by atoms with Crippen molar-refractivity contribution >= 4 is 28.3 Å². The Morgan fingerprint density at radius 1 is 1.25 bits per heavy atom. The van der Waals surface area contributed by atoms with Gasteiger partial charge >= 0.3 is 11.7 Å². The van der Waals surface area contributed by atoms with Crippen LogP contribution in [0.5, 0.6) is 0 Å². The topological polar surface area (TPSA) is 134 Å². The number of hydrogen-bond acceptors (Lipinski definition) is 7. The molecule has 3 rings (SSSR count). The van der Waals surface area contributed by atoms with E-state index in [1.165, 1.54) is 7.11 Å². The van der Waals surface area contributed by atoms with Gasteiger partial charge in [-0.05, 0) is 26.2 Å². The predicted molar refractivity (Wildman–Crippen MR) is 104 cm³/mol. The molecule has 0 radical (unpaired) electrons. The molecule has 2 aromatic rings. The van der Waals surface area contributed by atoms with Crippen LogP contribution in [0, 0.1) is 6.92 Å². The molecule has 3 N–H and O–H groups in total. The van der Waals surface area contributed by atoms with Crippen LogP contribution in [-0.2, 0) is 16.0 Å². The number of rotatable bonds is 6. The van der Waals surface area contributed by atoms with E-state index in [1.54, 1.807) is 6.92 Å². The monoisotopic (exact) mass is 406 g/mol. The van der Waals surface area contributed by atoms with Gasteiger partial charge < -0.3 is 15.0 Å². The minimum atomic E-state index is -0.576. The van der Waals surface area contributed by atoms with Gasteiger partial charge in [-0.15, -0.1) is 0 Å². The molecule has 0 atom stereocenters. The molecule has 1 aliphatic rings. The molecule has 2 heterocycles. The molecule has 1 saturated carbocycles. The molecule has 150 valence electrons. The van der Waals surface area contributed by atoms with Crippen LogP contribution in [0.2, 0.25) is 0 Å². The number of ether oxygens (including phenoxy) is 1. The van der Waals surface area contributed by atoms with E-state index in [-0.39, 0.29) is 24.7 Å². The van der Waals surface area contributed by atoms with E-state index < -0.39 is 17.2 Å². The number of aryl methyl sites for hydroxylation is 1. The summed E-state index contributed by atoms with van der Waals surface area (Å²) in [5, 5.41) is 3.05. The Kier molecular flexibility index (Phi) is 6.08. The van der Waals surface area contributed by atoms with Crippen LogP contribution >= 0.6 is 11.3 Å². The quantitative estimate of drug-likeness (QED) is 0.627. The van der Waals surface area contributed by atoms with Crippen molar-refractivity contribution in [3.63, 3.8) is 0 Å². The Balaban J connectivity index is 1.71. The van der Waals surface area contributed by atoms with Gasteiger partial charge in [-0.25, -0.2) is 14.6 Å². The zero-order valence-electron chi connectivity index (χ0n) is 15.7. The molecule has 0 spiro atoms. The Bertz CT molecular complexity index is 1000. The highest BCUT2D eigenvalue weighted by atomic mass is 32.1. The van der Waals surface area contributed by atoms with Gasteiger partial charge in [0.25, 0.3) is 5.56 Å². The lowest BCUT2D eigenvalue weighted by Gasteiger charge is -2.07. The maximum atomic E-state index is 12.3. The van der Waals surface area contributed by atoms with Gasteiger partial charge in [0.2, 0.25) is 5.91 Å². The number of carbonyl (C=O) groups is 2. The van der Waals surface area contributed by atoms with Crippen LogP contribution in [0.15, 0.2) is 9.59 Å². The normalized spacial score (nSPS) is 14.2. The zero-order valence-corrected chi connectivity index (χ0v) is 16.5. The van der Waals surface area contributed by atoms with Crippen LogP contribution in [0.3, 0.4) is 0 Å². The van der Waals surface area contributed by atoms with Crippen molar-refractivity contribution in [1.82, 2.24) is 15.0 Å². The van der Waals surface area contributed by atoms with Crippen molar-refractivity contribution in [2.75, 3.05) is 12.4 Å². The maximum absolute atomic E-state index is 12.3. The molecule has 1 amide bonds. The number of hydrogen-bond donors (Lipinski definition) is 3. The van der Waals surface area contributed by atoms with Crippen LogP contribution in [0.1, 0.15) is 64.6 Å². The van der Waals surface area contributed by atoms with Crippen LogP contribution in [0.4, 0.5) is 5.13 Å². The lowest BCUT2D eigenvalue weighted by Crippen LogP contribution is -2.27. The molecule has 0 saturated heterocycles. The molecule has 1 fully saturated rings. The van der Waals surface area contributed by atoms with Crippen LogP contribution in [-0.4, -0.2) is 33.9 Å². The molecule has 1 aliphatic carbocycles. The Hall–Kier alpha value is -2.75. The summed E-state index contributed by atoms with van der Waals surface area (Å²) in [4.78, 5) is 57.0. The summed E-state index contributed by atoms with van der Waals surface area (Å²) in [5.74, 6) is -0.568. The van der Waals surface area contributed by atoms with Gasteiger partial charge in [0.05, 0.1) is 12.8 Å². The molecule has 0 unspecified atom stereocenters.